The van der Waals surface area contributed by atoms with E-state index in [1.165, 1.54) is 59.5 Å². The van der Waals surface area contributed by atoms with Crippen LogP contribution in [0.2, 0.25) is 0 Å². The lowest BCUT2D eigenvalue weighted by Crippen LogP contribution is -2.03. The predicted octanol–water partition coefficient (Wildman–Crippen LogP) is 6.08. The molecule has 3 rings (SSSR count). The van der Waals surface area contributed by atoms with Crippen molar-refractivity contribution in [1.29, 1.82) is 0 Å². The quantitative estimate of drug-likeness (QED) is 0.563. The van der Waals surface area contributed by atoms with Crippen LogP contribution < -0.4 is 0 Å². The SMILES string of the molecule is CCCCC(CC)Cc1cccc2c1[nH]c1ccccc12. The molecule has 0 radical (unpaired) electrons. The van der Waals surface area contributed by atoms with Crippen molar-refractivity contribution in [2.45, 2.75) is 46.0 Å². The number of fused-ring (bicyclic) bond motifs is 3. The van der Waals surface area contributed by atoms with E-state index >= 15 is 0 Å². The van der Waals surface area contributed by atoms with Gasteiger partial charge >= 0.3 is 0 Å². The molecular weight excluding hydrogens is 254 g/mol. The highest BCUT2D eigenvalue weighted by molar-refractivity contribution is 6.08. The van der Waals surface area contributed by atoms with Crippen LogP contribution in [0.3, 0.4) is 0 Å². The van der Waals surface area contributed by atoms with Gasteiger partial charge in [0.2, 0.25) is 0 Å². The van der Waals surface area contributed by atoms with E-state index in [1.54, 1.807) is 0 Å². The fourth-order valence-electron chi connectivity index (χ4n) is 3.36. The fraction of sp³-hybridized carbons (Fsp3) is 0.400. The van der Waals surface area contributed by atoms with Gasteiger partial charge < -0.3 is 4.98 Å². The number of aromatic amines is 1. The molecule has 0 aliphatic heterocycles. The molecule has 1 heterocycles. The molecule has 1 N–H and O–H groups in total. The fourth-order valence-corrected chi connectivity index (χ4v) is 3.36. The van der Waals surface area contributed by atoms with Crippen molar-refractivity contribution in [3.05, 3.63) is 48.0 Å². The second kappa shape index (κ2) is 6.34. The number of para-hydroxylation sites is 2. The van der Waals surface area contributed by atoms with Gasteiger partial charge in [-0.2, -0.15) is 0 Å². The summed E-state index contributed by atoms with van der Waals surface area (Å²) < 4.78 is 0. The molecule has 1 nitrogen and oxygen atoms in total. The normalized spacial score (nSPS) is 13.0. The maximum absolute atomic E-state index is 3.63. The Balaban J connectivity index is 1.98. The zero-order valence-electron chi connectivity index (χ0n) is 13.2. The van der Waals surface area contributed by atoms with Crippen LogP contribution >= 0.6 is 0 Å². The minimum Gasteiger partial charge on any atom is -0.354 e. The van der Waals surface area contributed by atoms with Gasteiger partial charge in [0.1, 0.15) is 0 Å². The van der Waals surface area contributed by atoms with Crippen molar-refractivity contribution in [3.8, 4) is 0 Å². The first-order valence-corrected chi connectivity index (χ1v) is 8.31. The maximum atomic E-state index is 3.63. The number of nitrogens with one attached hydrogen (secondary N) is 1. The molecule has 0 saturated heterocycles. The van der Waals surface area contributed by atoms with Gasteiger partial charge in [-0.25, -0.2) is 0 Å². The third-order valence-electron chi connectivity index (χ3n) is 4.68. The highest BCUT2D eigenvalue weighted by Gasteiger charge is 2.12. The molecule has 1 atom stereocenters. The molecule has 2 aromatic carbocycles. The molecule has 0 aliphatic rings. The van der Waals surface area contributed by atoms with Gasteiger partial charge in [-0.3, -0.25) is 0 Å². The Kier molecular flexibility index (Phi) is 4.28. The first-order chi connectivity index (χ1) is 10.3. The van der Waals surface area contributed by atoms with Gasteiger partial charge in [0.25, 0.3) is 0 Å². The molecule has 0 bridgehead atoms. The lowest BCUT2D eigenvalue weighted by Gasteiger charge is -2.15. The van der Waals surface area contributed by atoms with Gasteiger partial charge in [-0.05, 0) is 24.0 Å². The van der Waals surface area contributed by atoms with Crippen molar-refractivity contribution < 1.29 is 0 Å². The molecule has 0 spiro atoms. The molecule has 0 fully saturated rings. The number of hydrogen-bond acceptors (Lipinski definition) is 0. The van der Waals surface area contributed by atoms with E-state index < -0.39 is 0 Å². The summed E-state index contributed by atoms with van der Waals surface area (Å²) in [5, 5.41) is 2.71. The van der Waals surface area contributed by atoms with E-state index in [0.29, 0.717) is 0 Å². The van der Waals surface area contributed by atoms with E-state index in [-0.39, 0.29) is 0 Å². The molecule has 21 heavy (non-hydrogen) atoms. The second-order valence-electron chi connectivity index (χ2n) is 6.13. The molecule has 0 aliphatic carbocycles. The van der Waals surface area contributed by atoms with Gasteiger partial charge in [0.05, 0.1) is 0 Å². The first-order valence-electron chi connectivity index (χ1n) is 8.31. The van der Waals surface area contributed by atoms with E-state index in [0.717, 1.165) is 5.92 Å². The number of unbranched alkanes of at least 4 members (excludes halogenated alkanes) is 1. The summed E-state index contributed by atoms with van der Waals surface area (Å²) in [4.78, 5) is 3.63. The highest BCUT2D eigenvalue weighted by atomic mass is 14.7. The molecule has 0 amide bonds. The molecule has 0 saturated carbocycles. The standard InChI is InChI=1S/C20H25N/c1-3-5-9-15(4-2)14-16-10-8-12-18-17-11-6-7-13-19(17)21-20(16)18/h6-8,10-13,15,21H,3-5,9,14H2,1-2H3. The van der Waals surface area contributed by atoms with Crippen LogP contribution in [0.1, 0.15) is 45.1 Å². The predicted molar refractivity (Wildman–Crippen MR) is 92.8 cm³/mol. The van der Waals surface area contributed by atoms with Crippen LogP contribution in [0.25, 0.3) is 21.8 Å². The van der Waals surface area contributed by atoms with Crippen molar-refractivity contribution >= 4 is 21.8 Å². The molecular formula is C20H25N. The van der Waals surface area contributed by atoms with E-state index in [9.17, 15) is 0 Å². The van der Waals surface area contributed by atoms with Gasteiger partial charge in [-0.15, -0.1) is 0 Å². The molecule has 1 heteroatoms. The van der Waals surface area contributed by atoms with Crippen molar-refractivity contribution in [3.63, 3.8) is 0 Å². The van der Waals surface area contributed by atoms with Gasteiger partial charge in [-0.1, -0.05) is 75.9 Å². The summed E-state index contributed by atoms with van der Waals surface area (Å²) in [6, 6.07) is 15.4. The summed E-state index contributed by atoms with van der Waals surface area (Å²) in [5.41, 5.74) is 4.07. The molecule has 3 aromatic rings. The summed E-state index contributed by atoms with van der Waals surface area (Å²) in [6.45, 7) is 4.61. The Morgan fingerprint density at radius 3 is 2.57 bits per heavy atom. The van der Waals surface area contributed by atoms with Crippen LogP contribution in [0.15, 0.2) is 42.5 Å². The molecule has 1 aromatic heterocycles. The van der Waals surface area contributed by atoms with Crippen molar-refractivity contribution in [2.75, 3.05) is 0 Å². The summed E-state index contributed by atoms with van der Waals surface area (Å²) in [7, 11) is 0. The second-order valence-corrected chi connectivity index (χ2v) is 6.13. The monoisotopic (exact) mass is 279 g/mol. The van der Waals surface area contributed by atoms with Crippen LogP contribution in [0.5, 0.6) is 0 Å². The Bertz CT molecular complexity index is 723. The molecule has 1 unspecified atom stereocenters. The smallest absolute Gasteiger partial charge is 0.0497 e. The van der Waals surface area contributed by atoms with Crippen molar-refractivity contribution in [1.82, 2.24) is 4.98 Å². The van der Waals surface area contributed by atoms with Gasteiger partial charge in [0, 0.05) is 21.8 Å². The third-order valence-corrected chi connectivity index (χ3v) is 4.68. The Labute approximate surface area is 127 Å². The Morgan fingerprint density at radius 1 is 0.952 bits per heavy atom. The summed E-state index contributed by atoms with van der Waals surface area (Å²) >= 11 is 0. The number of hydrogen-bond donors (Lipinski definition) is 1. The van der Waals surface area contributed by atoms with Crippen LogP contribution in [0.4, 0.5) is 0 Å². The zero-order chi connectivity index (χ0) is 14.7. The minimum absolute atomic E-state index is 0.807. The maximum Gasteiger partial charge on any atom is 0.0497 e. The first kappa shape index (κ1) is 14.2. The van der Waals surface area contributed by atoms with Crippen LogP contribution in [0, 0.1) is 5.92 Å². The average molecular weight is 279 g/mol. The number of H-pyrrole nitrogens is 1. The topological polar surface area (TPSA) is 15.8 Å². The number of rotatable bonds is 6. The highest BCUT2D eigenvalue weighted by Crippen LogP contribution is 2.29. The van der Waals surface area contributed by atoms with E-state index in [4.69, 9.17) is 0 Å². The largest absolute Gasteiger partial charge is 0.354 e. The lowest BCUT2D eigenvalue weighted by atomic mass is 9.91. The average Bonchev–Trinajstić information content (AvgIpc) is 2.91. The number of benzene rings is 2. The Morgan fingerprint density at radius 2 is 1.76 bits per heavy atom. The summed E-state index contributed by atoms with van der Waals surface area (Å²) in [6.07, 6.45) is 6.47. The van der Waals surface area contributed by atoms with Crippen LogP contribution in [-0.4, -0.2) is 4.98 Å². The minimum atomic E-state index is 0.807. The molecule has 110 valence electrons. The van der Waals surface area contributed by atoms with Crippen molar-refractivity contribution in [2.24, 2.45) is 5.92 Å². The van der Waals surface area contributed by atoms with E-state index in [2.05, 4.69) is 61.3 Å². The third kappa shape index (κ3) is 2.83. The lowest BCUT2D eigenvalue weighted by molar-refractivity contribution is 0.450. The zero-order valence-corrected chi connectivity index (χ0v) is 13.2. The number of aromatic nitrogens is 1. The summed E-state index contributed by atoms with van der Waals surface area (Å²) in [5.74, 6) is 0.807. The van der Waals surface area contributed by atoms with Gasteiger partial charge in [0.15, 0.2) is 0 Å². The Hall–Kier alpha value is -1.76. The van der Waals surface area contributed by atoms with Crippen LogP contribution in [-0.2, 0) is 6.42 Å². The van der Waals surface area contributed by atoms with E-state index in [1.807, 2.05) is 0 Å².